The third-order valence-electron chi connectivity index (χ3n) is 3.94. The minimum Gasteiger partial charge on any atom is -0.342 e. The second-order valence-electron chi connectivity index (χ2n) is 5.68. The zero-order valence-electron chi connectivity index (χ0n) is 11.7. The predicted octanol–water partition coefficient (Wildman–Crippen LogP) is 3.10. The topological polar surface area (TPSA) is 20.3 Å². The Bertz CT molecular complexity index is 439. The highest BCUT2D eigenvalue weighted by Gasteiger charge is 2.20. The molecular formula is C16H23NO. The first-order chi connectivity index (χ1) is 8.56. The fraction of sp³-hybridized carbons (Fsp3) is 0.562. The molecule has 0 aliphatic carbocycles. The molecule has 1 aromatic carbocycles. The van der Waals surface area contributed by atoms with Crippen molar-refractivity contribution >= 4 is 5.91 Å². The normalized spacial score (nSPS) is 19.9. The first-order valence-corrected chi connectivity index (χ1v) is 6.90. The summed E-state index contributed by atoms with van der Waals surface area (Å²) in [7, 11) is 0. The molecule has 0 bridgehead atoms. The maximum absolute atomic E-state index is 12.2. The van der Waals surface area contributed by atoms with Crippen LogP contribution >= 0.6 is 0 Å². The lowest BCUT2D eigenvalue weighted by atomic mass is 9.99. The monoisotopic (exact) mass is 245 g/mol. The van der Waals surface area contributed by atoms with Gasteiger partial charge in [-0.2, -0.15) is 0 Å². The minimum absolute atomic E-state index is 0.282. The van der Waals surface area contributed by atoms with Crippen LogP contribution in [0, 0.1) is 19.8 Å². The first-order valence-electron chi connectivity index (χ1n) is 6.90. The van der Waals surface area contributed by atoms with Crippen molar-refractivity contribution in [1.29, 1.82) is 0 Å². The number of carbonyl (C=O) groups is 1. The summed E-state index contributed by atoms with van der Waals surface area (Å²) in [6.45, 7) is 8.31. The second kappa shape index (κ2) is 5.55. The molecule has 1 atom stereocenters. The lowest BCUT2D eigenvalue weighted by Crippen LogP contribution is -2.39. The molecule has 1 unspecified atom stereocenters. The molecule has 1 heterocycles. The molecule has 0 saturated carbocycles. The molecule has 0 N–H and O–H groups in total. The number of benzene rings is 1. The fourth-order valence-corrected chi connectivity index (χ4v) is 2.62. The van der Waals surface area contributed by atoms with Gasteiger partial charge in [0.15, 0.2) is 0 Å². The molecule has 0 spiro atoms. The van der Waals surface area contributed by atoms with E-state index in [4.69, 9.17) is 0 Å². The fourth-order valence-electron chi connectivity index (χ4n) is 2.62. The largest absolute Gasteiger partial charge is 0.342 e. The van der Waals surface area contributed by atoms with Gasteiger partial charge >= 0.3 is 0 Å². The van der Waals surface area contributed by atoms with Gasteiger partial charge in [-0.15, -0.1) is 0 Å². The van der Waals surface area contributed by atoms with Crippen LogP contribution < -0.4 is 0 Å². The average Bonchev–Trinajstić information content (AvgIpc) is 2.34. The number of likely N-dealkylation sites (tertiary alicyclic amines) is 1. The maximum atomic E-state index is 12.2. The number of piperidine rings is 1. The van der Waals surface area contributed by atoms with E-state index in [1.165, 1.54) is 17.5 Å². The third kappa shape index (κ3) is 3.12. The number of carbonyl (C=O) groups excluding carboxylic acids is 1. The van der Waals surface area contributed by atoms with E-state index in [-0.39, 0.29) is 5.91 Å². The molecule has 1 aliphatic heterocycles. The van der Waals surface area contributed by atoms with Crippen LogP contribution in [0.15, 0.2) is 18.2 Å². The zero-order valence-corrected chi connectivity index (χ0v) is 11.7. The van der Waals surface area contributed by atoms with E-state index in [9.17, 15) is 4.79 Å². The van der Waals surface area contributed by atoms with Gasteiger partial charge in [0.05, 0.1) is 6.42 Å². The number of hydrogen-bond acceptors (Lipinski definition) is 1. The molecule has 2 rings (SSSR count). The molecule has 2 heteroatoms. The number of aryl methyl sites for hydroxylation is 2. The van der Waals surface area contributed by atoms with Gasteiger partial charge in [0.25, 0.3) is 0 Å². The van der Waals surface area contributed by atoms with Crippen LogP contribution in [0.4, 0.5) is 0 Å². The van der Waals surface area contributed by atoms with E-state index >= 15 is 0 Å². The van der Waals surface area contributed by atoms with Crippen LogP contribution in [0.2, 0.25) is 0 Å². The van der Waals surface area contributed by atoms with Gasteiger partial charge in [-0.1, -0.05) is 25.1 Å². The van der Waals surface area contributed by atoms with Crippen molar-refractivity contribution in [2.24, 2.45) is 5.92 Å². The number of rotatable bonds is 2. The van der Waals surface area contributed by atoms with Gasteiger partial charge in [-0.05, 0) is 49.3 Å². The number of hydrogen-bond donors (Lipinski definition) is 0. The minimum atomic E-state index is 0.282. The Hall–Kier alpha value is -1.31. The molecule has 1 aliphatic rings. The van der Waals surface area contributed by atoms with Gasteiger partial charge < -0.3 is 4.90 Å². The van der Waals surface area contributed by atoms with Crippen LogP contribution in [0.1, 0.15) is 36.5 Å². The van der Waals surface area contributed by atoms with E-state index in [2.05, 4.69) is 39.0 Å². The van der Waals surface area contributed by atoms with Crippen LogP contribution in [0.3, 0.4) is 0 Å². The van der Waals surface area contributed by atoms with Crippen molar-refractivity contribution in [3.8, 4) is 0 Å². The summed E-state index contributed by atoms with van der Waals surface area (Å²) >= 11 is 0. The highest BCUT2D eigenvalue weighted by Crippen LogP contribution is 2.17. The summed E-state index contributed by atoms with van der Waals surface area (Å²) < 4.78 is 0. The lowest BCUT2D eigenvalue weighted by Gasteiger charge is -2.31. The molecule has 98 valence electrons. The van der Waals surface area contributed by atoms with E-state index in [1.807, 2.05) is 4.90 Å². The molecule has 0 aromatic heterocycles. The summed E-state index contributed by atoms with van der Waals surface area (Å²) in [4.78, 5) is 14.3. The number of nitrogens with zero attached hydrogens (tertiary/aromatic N) is 1. The highest BCUT2D eigenvalue weighted by molar-refractivity contribution is 5.79. The Balaban J connectivity index is 2.00. The molecule has 18 heavy (non-hydrogen) atoms. The van der Waals surface area contributed by atoms with Crippen molar-refractivity contribution in [3.63, 3.8) is 0 Å². The Morgan fingerprint density at radius 3 is 2.78 bits per heavy atom. The van der Waals surface area contributed by atoms with Crippen molar-refractivity contribution in [3.05, 3.63) is 34.9 Å². The van der Waals surface area contributed by atoms with E-state index in [1.54, 1.807) is 0 Å². The summed E-state index contributed by atoms with van der Waals surface area (Å²) in [5.41, 5.74) is 3.70. The Labute approximate surface area is 110 Å². The van der Waals surface area contributed by atoms with Crippen molar-refractivity contribution < 1.29 is 4.79 Å². The maximum Gasteiger partial charge on any atom is 0.226 e. The Morgan fingerprint density at radius 1 is 1.33 bits per heavy atom. The van der Waals surface area contributed by atoms with Crippen LogP contribution in [-0.4, -0.2) is 23.9 Å². The van der Waals surface area contributed by atoms with Crippen LogP contribution in [0.5, 0.6) is 0 Å². The van der Waals surface area contributed by atoms with E-state index in [0.29, 0.717) is 12.3 Å². The van der Waals surface area contributed by atoms with E-state index in [0.717, 1.165) is 25.1 Å². The Kier molecular flexibility index (Phi) is 4.05. The SMILES string of the molecule is Cc1ccc(CC(=O)N2CCCC(C)C2)cc1C. The highest BCUT2D eigenvalue weighted by atomic mass is 16.2. The predicted molar refractivity (Wildman–Crippen MR) is 74.6 cm³/mol. The zero-order chi connectivity index (χ0) is 13.1. The number of amides is 1. The van der Waals surface area contributed by atoms with Gasteiger partial charge in [-0.3, -0.25) is 4.79 Å². The molecular weight excluding hydrogens is 222 g/mol. The molecule has 0 radical (unpaired) electrons. The lowest BCUT2D eigenvalue weighted by molar-refractivity contribution is -0.132. The summed E-state index contributed by atoms with van der Waals surface area (Å²) in [5.74, 6) is 0.937. The molecule has 1 aromatic rings. The molecule has 1 amide bonds. The smallest absolute Gasteiger partial charge is 0.226 e. The molecule has 2 nitrogen and oxygen atoms in total. The van der Waals surface area contributed by atoms with Gasteiger partial charge in [-0.25, -0.2) is 0 Å². The quantitative estimate of drug-likeness (QED) is 0.784. The molecule has 1 fully saturated rings. The third-order valence-corrected chi connectivity index (χ3v) is 3.94. The van der Waals surface area contributed by atoms with Crippen LogP contribution in [-0.2, 0) is 11.2 Å². The summed E-state index contributed by atoms with van der Waals surface area (Å²) in [5, 5.41) is 0. The van der Waals surface area contributed by atoms with Gasteiger partial charge in [0.2, 0.25) is 5.91 Å². The molecule has 1 saturated heterocycles. The van der Waals surface area contributed by atoms with Crippen molar-refractivity contribution in [1.82, 2.24) is 4.90 Å². The van der Waals surface area contributed by atoms with E-state index < -0.39 is 0 Å². The van der Waals surface area contributed by atoms with Crippen molar-refractivity contribution in [2.45, 2.75) is 40.0 Å². The van der Waals surface area contributed by atoms with Crippen LogP contribution in [0.25, 0.3) is 0 Å². The van der Waals surface area contributed by atoms with Gasteiger partial charge in [0, 0.05) is 13.1 Å². The van der Waals surface area contributed by atoms with Crippen molar-refractivity contribution in [2.75, 3.05) is 13.1 Å². The van der Waals surface area contributed by atoms with Gasteiger partial charge in [0.1, 0.15) is 0 Å². The summed E-state index contributed by atoms with van der Waals surface area (Å²) in [6, 6.07) is 6.32. The summed E-state index contributed by atoms with van der Waals surface area (Å²) in [6.07, 6.45) is 2.96. The second-order valence-corrected chi connectivity index (χ2v) is 5.68. The standard InChI is InChI=1S/C16H23NO/c1-12-5-4-8-17(11-12)16(18)10-15-7-6-13(2)14(3)9-15/h6-7,9,12H,4-5,8,10-11H2,1-3H3. The Morgan fingerprint density at radius 2 is 2.11 bits per heavy atom. The average molecular weight is 245 g/mol. The first kappa shape index (κ1) is 13.1.